The molecule has 0 bridgehead atoms. The Morgan fingerprint density at radius 2 is 1.62 bits per heavy atom. The Morgan fingerprint density at radius 3 is 2.29 bits per heavy atom. The van der Waals surface area contributed by atoms with E-state index in [9.17, 15) is 0 Å². The summed E-state index contributed by atoms with van der Waals surface area (Å²) < 4.78 is 2.01. The lowest BCUT2D eigenvalue weighted by molar-refractivity contribution is 0.560. The van der Waals surface area contributed by atoms with E-state index in [1.165, 1.54) is 0 Å². The van der Waals surface area contributed by atoms with Gasteiger partial charge in [0.05, 0.1) is 17.1 Å². The van der Waals surface area contributed by atoms with Crippen molar-refractivity contribution in [1.82, 2.24) is 9.78 Å². The summed E-state index contributed by atoms with van der Waals surface area (Å²) in [6, 6.07) is 20.3. The van der Waals surface area contributed by atoms with Gasteiger partial charge in [0.15, 0.2) is 0 Å². The van der Waals surface area contributed by atoms with E-state index in [2.05, 4.69) is 50.9 Å². The summed E-state index contributed by atoms with van der Waals surface area (Å²) in [5, 5.41) is 4.82. The molecule has 3 rings (SSSR count). The molecule has 0 atom stereocenters. The van der Waals surface area contributed by atoms with Crippen LogP contribution in [0.15, 0.2) is 65.7 Å². The topological polar surface area (TPSA) is 30.2 Å². The van der Waals surface area contributed by atoms with E-state index in [1.54, 1.807) is 0 Å². The van der Waals surface area contributed by atoms with E-state index in [4.69, 9.17) is 5.10 Å². The van der Waals surface area contributed by atoms with Gasteiger partial charge in [-0.3, -0.25) is 4.99 Å². The zero-order chi connectivity index (χ0) is 17.2. The first-order chi connectivity index (χ1) is 11.4. The van der Waals surface area contributed by atoms with E-state index < -0.39 is 0 Å². The second-order valence-electron chi connectivity index (χ2n) is 6.99. The summed E-state index contributed by atoms with van der Waals surface area (Å²) in [7, 11) is 0. The smallest absolute Gasteiger partial charge is 0.0736 e. The van der Waals surface area contributed by atoms with Gasteiger partial charge in [-0.25, -0.2) is 4.68 Å². The number of rotatable bonds is 3. The molecule has 0 radical (unpaired) electrons. The highest BCUT2D eigenvalue weighted by atomic mass is 15.3. The quantitative estimate of drug-likeness (QED) is 0.608. The Labute approximate surface area is 143 Å². The minimum Gasteiger partial charge on any atom is -0.256 e. The van der Waals surface area contributed by atoms with Gasteiger partial charge in [-0.05, 0) is 31.2 Å². The largest absolute Gasteiger partial charge is 0.256 e. The molecule has 3 nitrogen and oxygen atoms in total. The highest BCUT2D eigenvalue weighted by Gasteiger charge is 2.19. The number of aromatic nitrogens is 2. The molecular weight excluding hydrogens is 294 g/mol. The molecular formula is C21H23N3. The van der Waals surface area contributed by atoms with Crippen molar-refractivity contribution in [2.45, 2.75) is 33.1 Å². The number of nitrogens with zero attached hydrogens (tertiary/aromatic N) is 3. The first-order valence-electron chi connectivity index (χ1n) is 8.21. The maximum Gasteiger partial charge on any atom is 0.0736 e. The van der Waals surface area contributed by atoms with Crippen LogP contribution in [0.3, 0.4) is 0 Å². The Kier molecular flexibility index (Phi) is 4.34. The molecule has 1 heterocycles. The van der Waals surface area contributed by atoms with Crippen molar-refractivity contribution in [3.63, 3.8) is 0 Å². The van der Waals surface area contributed by atoms with Gasteiger partial charge in [0.2, 0.25) is 0 Å². The molecule has 3 aromatic rings. The van der Waals surface area contributed by atoms with E-state index in [0.29, 0.717) is 0 Å². The lowest BCUT2D eigenvalue weighted by Gasteiger charge is -2.14. The number of para-hydroxylation sites is 2. The number of aliphatic imine (C=N–C) groups is 1. The Bertz CT molecular complexity index is 852. The van der Waals surface area contributed by atoms with Crippen molar-refractivity contribution in [2.75, 3.05) is 0 Å². The van der Waals surface area contributed by atoms with Gasteiger partial charge in [-0.2, -0.15) is 5.10 Å². The predicted octanol–water partition coefficient (Wildman–Crippen LogP) is 5.23. The summed E-state index contributed by atoms with van der Waals surface area (Å²) in [6.45, 7) is 8.64. The monoisotopic (exact) mass is 317 g/mol. The highest BCUT2D eigenvalue weighted by Crippen LogP contribution is 2.24. The normalized spacial score (nSPS) is 12.0. The van der Waals surface area contributed by atoms with Gasteiger partial charge in [-0.1, -0.05) is 57.2 Å². The van der Waals surface area contributed by atoms with Crippen molar-refractivity contribution in [2.24, 2.45) is 4.99 Å². The third-order valence-electron chi connectivity index (χ3n) is 3.93. The van der Waals surface area contributed by atoms with Crippen molar-refractivity contribution in [1.29, 1.82) is 0 Å². The zero-order valence-corrected chi connectivity index (χ0v) is 14.7. The van der Waals surface area contributed by atoms with Crippen LogP contribution in [0, 0.1) is 6.92 Å². The lowest BCUT2D eigenvalue weighted by atomic mass is 9.92. The minimum absolute atomic E-state index is 0.0308. The lowest BCUT2D eigenvalue weighted by Crippen LogP contribution is -2.13. The SMILES string of the molecule is Cc1cc(C(C)(C)C)nn1-c1ccccc1C=Nc1ccccc1. The van der Waals surface area contributed by atoms with E-state index in [0.717, 1.165) is 28.3 Å². The first kappa shape index (κ1) is 16.2. The van der Waals surface area contributed by atoms with Gasteiger partial charge in [-0.15, -0.1) is 0 Å². The average Bonchev–Trinajstić information content (AvgIpc) is 2.96. The third kappa shape index (κ3) is 3.46. The molecule has 0 aliphatic heterocycles. The molecule has 0 amide bonds. The Morgan fingerprint density at radius 1 is 0.958 bits per heavy atom. The molecule has 0 unspecified atom stereocenters. The standard InChI is InChI=1S/C21H23N3/c1-16-14-20(21(2,3)4)23-24(16)19-13-9-8-10-17(19)15-22-18-11-6-5-7-12-18/h5-15H,1-4H3. The molecule has 0 fully saturated rings. The fourth-order valence-electron chi connectivity index (χ4n) is 2.53. The zero-order valence-electron chi connectivity index (χ0n) is 14.7. The molecule has 122 valence electrons. The number of hydrogen-bond donors (Lipinski definition) is 0. The summed E-state index contributed by atoms with van der Waals surface area (Å²) in [5.41, 5.74) is 5.29. The van der Waals surface area contributed by atoms with Gasteiger partial charge >= 0.3 is 0 Å². The molecule has 0 saturated heterocycles. The van der Waals surface area contributed by atoms with Gasteiger partial charge in [0, 0.05) is 22.9 Å². The predicted molar refractivity (Wildman–Crippen MR) is 101 cm³/mol. The molecule has 0 N–H and O–H groups in total. The van der Waals surface area contributed by atoms with E-state index in [1.807, 2.05) is 53.4 Å². The number of benzene rings is 2. The summed E-state index contributed by atoms with van der Waals surface area (Å²) in [6.07, 6.45) is 1.91. The molecule has 24 heavy (non-hydrogen) atoms. The Balaban J connectivity index is 2.01. The van der Waals surface area contributed by atoms with Crippen LogP contribution in [0.1, 0.15) is 37.7 Å². The molecule has 0 aliphatic rings. The number of aryl methyl sites for hydroxylation is 1. The van der Waals surface area contributed by atoms with E-state index >= 15 is 0 Å². The van der Waals surface area contributed by atoms with Crippen molar-refractivity contribution in [3.05, 3.63) is 77.6 Å². The highest BCUT2D eigenvalue weighted by molar-refractivity contribution is 5.86. The van der Waals surface area contributed by atoms with E-state index in [-0.39, 0.29) is 5.41 Å². The van der Waals surface area contributed by atoms with Crippen molar-refractivity contribution < 1.29 is 0 Å². The molecule has 1 aromatic heterocycles. The second kappa shape index (κ2) is 6.44. The molecule has 0 spiro atoms. The minimum atomic E-state index is 0.0308. The van der Waals surface area contributed by atoms with Crippen LogP contribution >= 0.6 is 0 Å². The van der Waals surface area contributed by atoms with Crippen LogP contribution in [0.2, 0.25) is 0 Å². The van der Waals surface area contributed by atoms with Crippen molar-refractivity contribution >= 4 is 11.9 Å². The van der Waals surface area contributed by atoms with Crippen LogP contribution in [0.4, 0.5) is 5.69 Å². The average molecular weight is 317 g/mol. The fourth-order valence-corrected chi connectivity index (χ4v) is 2.53. The maximum absolute atomic E-state index is 4.82. The molecule has 0 aliphatic carbocycles. The maximum atomic E-state index is 4.82. The summed E-state index contributed by atoms with van der Waals surface area (Å²) in [5.74, 6) is 0. The second-order valence-corrected chi connectivity index (χ2v) is 6.99. The van der Waals surface area contributed by atoms with Crippen LogP contribution in [-0.4, -0.2) is 16.0 Å². The molecule has 3 heteroatoms. The van der Waals surface area contributed by atoms with Crippen LogP contribution < -0.4 is 0 Å². The summed E-state index contributed by atoms with van der Waals surface area (Å²) in [4.78, 5) is 4.58. The third-order valence-corrected chi connectivity index (χ3v) is 3.93. The van der Waals surface area contributed by atoms with Crippen LogP contribution in [0.5, 0.6) is 0 Å². The molecule has 2 aromatic carbocycles. The van der Waals surface area contributed by atoms with Crippen molar-refractivity contribution in [3.8, 4) is 5.69 Å². The summed E-state index contributed by atoms with van der Waals surface area (Å²) >= 11 is 0. The van der Waals surface area contributed by atoms with Crippen LogP contribution in [0.25, 0.3) is 5.69 Å². The van der Waals surface area contributed by atoms with Gasteiger partial charge in [0.1, 0.15) is 0 Å². The number of hydrogen-bond acceptors (Lipinski definition) is 2. The van der Waals surface area contributed by atoms with Gasteiger partial charge in [0.25, 0.3) is 0 Å². The Hall–Kier alpha value is -2.68. The molecule has 0 saturated carbocycles. The van der Waals surface area contributed by atoms with Gasteiger partial charge < -0.3 is 0 Å². The van der Waals surface area contributed by atoms with Crippen LogP contribution in [-0.2, 0) is 5.41 Å². The first-order valence-corrected chi connectivity index (χ1v) is 8.21. The fraction of sp³-hybridized carbons (Fsp3) is 0.238.